The number of carbonyl (C=O) groups is 1. The summed E-state index contributed by atoms with van der Waals surface area (Å²) in [6.45, 7) is 2.08. The lowest BCUT2D eigenvalue weighted by molar-refractivity contribution is 0.0519. The predicted molar refractivity (Wildman–Crippen MR) is 59.1 cm³/mol. The number of carbonyl (C=O) groups excluding carboxylic acids is 1. The monoisotopic (exact) mass is 235 g/mol. The van der Waals surface area contributed by atoms with Gasteiger partial charge in [0.15, 0.2) is 11.5 Å². The summed E-state index contributed by atoms with van der Waals surface area (Å²) < 4.78 is 8.81. The summed E-state index contributed by atoms with van der Waals surface area (Å²) in [5.41, 5.74) is 1.06. The second-order valence-electron chi connectivity index (χ2n) is 2.90. The highest BCUT2D eigenvalue weighted by Gasteiger charge is 2.10. The van der Waals surface area contributed by atoms with Crippen molar-refractivity contribution in [2.45, 2.75) is 6.92 Å². The van der Waals surface area contributed by atoms with Crippen molar-refractivity contribution in [2.75, 3.05) is 6.61 Å². The molecule has 82 valence electrons. The highest BCUT2D eigenvalue weighted by atomic mass is 32.1. The molecule has 0 aliphatic heterocycles. The number of hydrogen-bond acceptors (Lipinski definition) is 6. The van der Waals surface area contributed by atoms with E-state index in [1.165, 1.54) is 23.8 Å². The minimum Gasteiger partial charge on any atom is -0.461 e. The van der Waals surface area contributed by atoms with Gasteiger partial charge in [0.25, 0.3) is 0 Å². The molecule has 16 heavy (non-hydrogen) atoms. The Bertz CT molecular complexity index is 485. The molecule has 0 amide bonds. The average molecular weight is 235 g/mol. The molecule has 0 aliphatic carbocycles. The molecule has 0 fully saturated rings. The third-order valence-electron chi connectivity index (χ3n) is 1.83. The average Bonchev–Trinajstić information content (AvgIpc) is 2.83. The number of rotatable bonds is 3. The van der Waals surface area contributed by atoms with E-state index in [2.05, 4.69) is 14.3 Å². The van der Waals surface area contributed by atoms with Gasteiger partial charge in [-0.05, 0) is 24.5 Å². The molecule has 0 atom stereocenters. The van der Waals surface area contributed by atoms with Gasteiger partial charge >= 0.3 is 5.97 Å². The van der Waals surface area contributed by atoms with E-state index in [0.29, 0.717) is 12.4 Å². The predicted octanol–water partition coefficient (Wildman–Crippen LogP) is 1.78. The highest BCUT2D eigenvalue weighted by Crippen LogP contribution is 2.15. The second kappa shape index (κ2) is 4.80. The third kappa shape index (κ3) is 2.22. The van der Waals surface area contributed by atoms with E-state index in [0.717, 1.165) is 5.56 Å². The zero-order valence-corrected chi connectivity index (χ0v) is 9.40. The van der Waals surface area contributed by atoms with E-state index in [4.69, 9.17) is 4.74 Å². The molecule has 2 aromatic heterocycles. The SMILES string of the molecule is CCOC(=O)c1ccnc(-c2cnsc2)n1. The normalized spacial score (nSPS) is 10.1. The topological polar surface area (TPSA) is 65.0 Å². The Hall–Kier alpha value is -1.82. The minimum absolute atomic E-state index is 0.262. The van der Waals surface area contributed by atoms with Crippen LogP contribution in [0.5, 0.6) is 0 Å². The van der Waals surface area contributed by atoms with Gasteiger partial charge in [-0.1, -0.05) is 0 Å². The van der Waals surface area contributed by atoms with Crippen LogP contribution < -0.4 is 0 Å². The molecule has 5 nitrogen and oxygen atoms in total. The Morgan fingerprint density at radius 2 is 2.44 bits per heavy atom. The lowest BCUT2D eigenvalue weighted by atomic mass is 10.3. The molecule has 0 aliphatic rings. The number of aromatic nitrogens is 3. The third-order valence-corrected chi connectivity index (χ3v) is 2.42. The molecule has 2 aromatic rings. The summed E-state index contributed by atoms with van der Waals surface area (Å²) in [5, 5.41) is 1.82. The Labute approximate surface area is 96.3 Å². The van der Waals surface area contributed by atoms with Crippen LogP contribution in [0.2, 0.25) is 0 Å². The zero-order chi connectivity index (χ0) is 11.4. The van der Waals surface area contributed by atoms with Gasteiger partial charge in [-0.15, -0.1) is 0 Å². The van der Waals surface area contributed by atoms with Crippen LogP contribution in [0.3, 0.4) is 0 Å². The van der Waals surface area contributed by atoms with Crippen LogP contribution in [-0.4, -0.2) is 26.9 Å². The van der Waals surface area contributed by atoms with Crippen LogP contribution in [0.15, 0.2) is 23.8 Å². The van der Waals surface area contributed by atoms with E-state index in [-0.39, 0.29) is 5.69 Å². The highest BCUT2D eigenvalue weighted by molar-refractivity contribution is 7.03. The van der Waals surface area contributed by atoms with Gasteiger partial charge in [0.1, 0.15) is 0 Å². The van der Waals surface area contributed by atoms with Gasteiger partial charge in [0.2, 0.25) is 0 Å². The Morgan fingerprint density at radius 3 is 3.12 bits per heavy atom. The molecule has 0 bridgehead atoms. The summed E-state index contributed by atoms with van der Waals surface area (Å²) in [7, 11) is 0. The van der Waals surface area contributed by atoms with E-state index in [1.54, 1.807) is 13.1 Å². The van der Waals surface area contributed by atoms with Gasteiger partial charge in [-0.3, -0.25) is 0 Å². The summed E-state index contributed by atoms with van der Waals surface area (Å²) in [6.07, 6.45) is 3.20. The van der Waals surface area contributed by atoms with Crippen molar-refractivity contribution in [3.05, 3.63) is 29.5 Å². The standard InChI is InChI=1S/C10H9N3O2S/c1-2-15-10(14)8-3-4-11-9(13-8)7-5-12-16-6-7/h3-6H,2H2,1H3. The van der Waals surface area contributed by atoms with Crippen molar-refractivity contribution in [3.8, 4) is 11.4 Å². The molecule has 0 radical (unpaired) electrons. The van der Waals surface area contributed by atoms with Crippen LogP contribution >= 0.6 is 11.5 Å². The molecule has 0 N–H and O–H groups in total. The summed E-state index contributed by atoms with van der Waals surface area (Å²) in [4.78, 5) is 19.6. The molecule has 0 saturated carbocycles. The second-order valence-corrected chi connectivity index (χ2v) is 3.56. The lowest BCUT2D eigenvalue weighted by Crippen LogP contribution is -2.07. The first kappa shape index (κ1) is 10.7. The molecule has 0 unspecified atom stereocenters. The summed E-state index contributed by atoms with van der Waals surface area (Å²) in [6, 6.07) is 1.53. The maximum Gasteiger partial charge on any atom is 0.357 e. The number of esters is 1. The largest absolute Gasteiger partial charge is 0.461 e. The van der Waals surface area contributed by atoms with Crippen molar-refractivity contribution in [3.63, 3.8) is 0 Å². The van der Waals surface area contributed by atoms with Gasteiger partial charge in [0, 0.05) is 17.1 Å². The molecule has 0 spiro atoms. The fraction of sp³-hybridized carbons (Fsp3) is 0.200. The minimum atomic E-state index is -0.436. The molecule has 0 aromatic carbocycles. The van der Waals surface area contributed by atoms with E-state index in [1.807, 2.05) is 5.38 Å². The Morgan fingerprint density at radius 1 is 1.56 bits per heavy atom. The van der Waals surface area contributed by atoms with E-state index < -0.39 is 5.97 Å². The van der Waals surface area contributed by atoms with Gasteiger partial charge in [-0.25, -0.2) is 19.1 Å². The molecular formula is C10H9N3O2S. The first-order valence-corrected chi connectivity index (χ1v) is 5.55. The van der Waals surface area contributed by atoms with Crippen molar-refractivity contribution in [1.82, 2.24) is 14.3 Å². The first-order chi connectivity index (χ1) is 7.81. The fourth-order valence-electron chi connectivity index (χ4n) is 1.13. The number of nitrogens with zero attached hydrogens (tertiary/aromatic N) is 3. The molecular weight excluding hydrogens is 226 g/mol. The van der Waals surface area contributed by atoms with Crippen molar-refractivity contribution >= 4 is 17.5 Å². The smallest absolute Gasteiger partial charge is 0.357 e. The lowest BCUT2D eigenvalue weighted by Gasteiger charge is -2.01. The van der Waals surface area contributed by atoms with Gasteiger partial charge < -0.3 is 4.74 Å². The Kier molecular flexibility index (Phi) is 3.21. The van der Waals surface area contributed by atoms with Gasteiger partial charge in [-0.2, -0.15) is 0 Å². The summed E-state index contributed by atoms with van der Waals surface area (Å²) >= 11 is 1.31. The molecule has 6 heteroatoms. The maximum absolute atomic E-state index is 11.4. The number of hydrogen-bond donors (Lipinski definition) is 0. The van der Waals surface area contributed by atoms with Crippen LogP contribution in [0.1, 0.15) is 17.4 Å². The molecule has 2 heterocycles. The van der Waals surface area contributed by atoms with Crippen LogP contribution in [0.4, 0.5) is 0 Å². The summed E-state index contributed by atoms with van der Waals surface area (Å²) in [5.74, 6) is 0.0497. The maximum atomic E-state index is 11.4. The van der Waals surface area contributed by atoms with E-state index in [9.17, 15) is 4.79 Å². The van der Waals surface area contributed by atoms with Crippen LogP contribution in [0.25, 0.3) is 11.4 Å². The molecule has 0 saturated heterocycles. The van der Waals surface area contributed by atoms with Crippen molar-refractivity contribution in [2.24, 2.45) is 0 Å². The quantitative estimate of drug-likeness (QED) is 0.759. The van der Waals surface area contributed by atoms with Gasteiger partial charge in [0.05, 0.1) is 12.8 Å². The Balaban J connectivity index is 2.30. The molecule has 2 rings (SSSR count). The fourth-order valence-corrected chi connectivity index (χ4v) is 1.65. The first-order valence-electron chi connectivity index (χ1n) is 4.71. The zero-order valence-electron chi connectivity index (χ0n) is 8.58. The van der Waals surface area contributed by atoms with Crippen molar-refractivity contribution < 1.29 is 9.53 Å². The van der Waals surface area contributed by atoms with Crippen LogP contribution in [0, 0.1) is 0 Å². The van der Waals surface area contributed by atoms with Crippen molar-refractivity contribution in [1.29, 1.82) is 0 Å². The number of ether oxygens (including phenoxy) is 1. The van der Waals surface area contributed by atoms with Crippen LogP contribution in [-0.2, 0) is 4.74 Å². The van der Waals surface area contributed by atoms with E-state index >= 15 is 0 Å².